The van der Waals surface area contributed by atoms with Crippen LogP contribution in [0.3, 0.4) is 0 Å². The molecule has 3 rings (SSSR count). The van der Waals surface area contributed by atoms with Crippen molar-refractivity contribution in [2.24, 2.45) is 0 Å². The van der Waals surface area contributed by atoms with Crippen molar-refractivity contribution in [3.63, 3.8) is 0 Å². The number of carboxylic acid groups (broad SMARTS) is 1. The third-order valence-corrected chi connectivity index (χ3v) is 3.94. The van der Waals surface area contributed by atoms with Crippen LogP contribution in [0.1, 0.15) is 5.56 Å². The van der Waals surface area contributed by atoms with Gasteiger partial charge in [-0.05, 0) is 24.3 Å². The number of ether oxygens (including phenoxy) is 1. The van der Waals surface area contributed by atoms with E-state index < -0.39 is 12.6 Å². The van der Waals surface area contributed by atoms with Gasteiger partial charge in [-0.3, -0.25) is 4.79 Å². The number of aliphatic carboxylic acids is 1. The number of aromatic nitrogens is 3. The lowest BCUT2D eigenvalue weighted by molar-refractivity contribution is -0.139. The molecular formula is C13H8ClN3O4S. The Bertz CT molecular complexity index is 965. The molecule has 0 saturated carbocycles. The summed E-state index contributed by atoms with van der Waals surface area (Å²) < 4.78 is 6.79. The largest absolute Gasteiger partial charge is 0.481 e. The zero-order chi connectivity index (χ0) is 15.7. The van der Waals surface area contributed by atoms with Crippen molar-refractivity contribution in [2.75, 3.05) is 6.61 Å². The van der Waals surface area contributed by atoms with Crippen LogP contribution in [0.2, 0.25) is 5.02 Å². The number of benzene rings is 1. The van der Waals surface area contributed by atoms with Crippen molar-refractivity contribution in [2.45, 2.75) is 0 Å². The first-order valence-corrected chi connectivity index (χ1v) is 7.22. The lowest BCUT2D eigenvalue weighted by Crippen LogP contribution is -2.23. The molecule has 1 N–H and O–H groups in total. The average Bonchev–Trinajstić information content (AvgIpc) is 3.02. The van der Waals surface area contributed by atoms with Gasteiger partial charge in [-0.25, -0.2) is 9.78 Å². The van der Waals surface area contributed by atoms with Crippen molar-refractivity contribution in [1.29, 1.82) is 0 Å². The Kier molecular flexibility index (Phi) is 3.78. The summed E-state index contributed by atoms with van der Waals surface area (Å²) in [5.41, 5.74) is 0.206. The van der Waals surface area contributed by atoms with Gasteiger partial charge in [0.2, 0.25) is 4.96 Å². The fourth-order valence-electron chi connectivity index (χ4n) is 1.82. The van der Waals surface area contributed by atoms with E-state index >= 15 is 0 Å². The van der Waals surface area contributed by atoms with Gasteiger partial charge in [0.05, 0.1) is 4.53 Å². The van der Waals surface area contributed by atoms with Crippen LogP contribution in [0, 0.1) is 0 Å². The highest BCUT2D eigenvalue weighted by molar-refractivity contribution is 7.15. The van der Waals surface area contributed by atoms with Crippen LogP contribution in [-0.2, 0) is 4.79 Å². The van der Waals surface area contributed by atoms with E-state index in [9.17, 15) is 9.59 Å². The van der Waals surface area contributed by atoms with Gasteiger partial charge in [-0.2, -0.15) is 9.61 Å². The maximum Gasteiger partial charge on any atom is 0.341 e. The van der Waals surface area contributed by atoms with Crippen LogP contribution in [0.5, 0.6) is 5.75 Å². The standard InChI is InChI=1S/C13H8ClN3O4S/c14-8-1-2-9(21-5-11(18)19)7(3-8)4-10-12(20)17-13(22-10)15-6-16-17/h1-4,6H,5H2,(H,18,19)/b10-4-. The van der Waals surface area contributed by atoms with Crippen LogP contribution in [0.15, 0.2) is 29.3 Å². The lowest BCUT2D eigenvalue weighted by Gasteiger charge is -2.07. The molecule has 0 atom stereocenters. The summed E-state index contributed by atoms with van der Waals surface area (Å²) in [6, 6.07) is 4.73. The van der Waals surface area contributed by atoms with Crippen molar-refractivity contribution in [3.05, 3.63) is 50.0 Å². The molecule has 0 aliphatic rings. The number of thiazole rings is 1. The highest BCUT2D eigenvalue weighted by Crippen LogP contribution is 2.23. The average molecular weight is 338 g/mol. The molecule has 0 bridgehead atoms. The molecule has 3 aromatic rings. The SMILES string of the molecule is O=C(O)COc1ccc(Cl)cc1/C=c1\sc2ncnn2c1=O. The molecule has 9 heteroatoms. The first-order valence-electron chi connectivity index (χ1n) is 6.03. The van der Waals surface area contributed by atoms with Gasteiger partial charge < -0.3 is 9.84 Å². The van der Waals surface area contributed by atoms with E-state index in [4.69, 9.17) is 21.4 Å². The number of carboxylic acids is 1. The number of rotatable bonds is 4. The van der Waals surface area contributed by atoms with Crippen LogP contribution >= 0.6 is 22.9 Å². The highest BCUT2D eigenvalue weighted by Gasteiger charge is 2.09. The number of hydrogen-bond donors (Lipinski definition) is 1. The van der Waals surface area contributed by atoms with Crippen molar-refractivity contribution in [1.82, 2.24) is 14.6 Å². The molecule has 2 aromatic heterocycles. The van der Waals surface area contributed by atoms with E-state index in [0.717, 1.165) is 0 Å². The number of nitrogens with zero attached hydrogens (tertiary/aromatic N) is 3. The number of carbonyl (C=O) groups is 1. The third-order valence-electron chi connectivity index (χ3n) is 2.73. The summed E-state index contributed by atoms with van der Waals surface area (Å²) in [6.45, 7) is -0.484. The van der Waals surface area contributed by atoms with E-state index in [0.29, 0.717) is 25.8 Å². The molecular weight excluding hydrogens is 330 g/mol. The Morgan fingerprint density at radius 3 is 3.05 bits per heavy atom. The zero-order valence-electron chi connectivity index (χ0n) is 10.9. The van der Waals surface area contributed by atoms with Crippen LogP contribution in [0.4, 0.5) is 0 Å². The predicted octanol–water partition coefficient (Wildman–Crippen LogP) is 0.815. The molecule has 0 saturated heterocycles. The molecule has 0 aliphatic carbocycles. The smallest absolute Gasteiger partial charge is 0.341 e. The van der Waals surface area contributed by atoms with Gasteiger partial charge in [0.1, 0.15) is 12.1 Å². The number of fused-ring (bicyclic) bond motifs is 1. The molecule has 0 amide bonds. The van der Waals surface area contributed by atoms with E-state index in [1.54, 1.807) is 24.3 Å². The van der Waals surface area contributed by atoms with E-state index in [1.807, 2.05) is 0 Å². The van der Waals surface area contributed by atoms with Crippen molar-refractivity contribution < 1.29 is 14.6 Å². The molecule has 0 spiro atoms. The fraction of sp³-hybridized carbons (Fsp3) is 0.0769. The van der Waals surface area contributed by atoms with Gasteiger partial charge in [0.25, 0.3) is 5.56 Å². The summed E-state index contributed by atoms with van der Waals surface area (Å²) in [4.78, 5) is 27.2. The second-order valence-corrected chi connectivity index (χ2v) is 5.68. The topological polar surface area (TPSA) is 93.8 Å². The molecule has 112 valence electrons. The van der Waals surface area contributed by atoms with Gasteiger partial charge >= 0.3 is 5.97 Å². The summed E-state index contributed by atoms with van der Waals surface area (Å²) in [5.74, 6) is -0.769. The quantitative estimate of drug-likeness (QED) is 0.757. The van der Waals surface area contributed by atoms with Crippen LogP contribution in [0.25, 0.3) is 11.0 Å². The molecule has 0 radical (unpaired) electrons. The van der Waals surface area contributed by atoms with Gasteiger partial charge in [0.15, 0.2) is 6.61 Å². The minimum absolute atomic E-state index is 0.304. The molecule has 22 heavy (non-hydrogen) atoms. The Morgan fingerprint density at radius 2 is 2.32 bits per heavy atom. The molecule has 2 heterocycles. The Labute approximate surface area is 132 Å². The zero-order valence-corrected chi connectivity index (χ0v) is 12.5. The Hall–Kier alpha value is -2.45. The van der Waals surface area contributed by atoms with E-state index in [1.165, 1.54) is 22.2 Å². The second kappa shape index (κ2) is 5.74. The second-order valence-electron chi connectivity index (χ2n) is 4.23. The van der Waals surface area contributed by atoms with Crippen LogP contribution < -0.4 is 14.8 Å². The molecule has 0 fully saturated rings. The minimum Gasteiger partial charge on any atom is -0.481 e. The number of hydrogen-bond acceptors (Lipinski definition) is 6. The third kappa shape index (κ3) is 2.78. The van der Waals surface area contributed by atoms with Crippen LogP contribution in [-0.4, -0.2) is 32.3 Å². The summed E-state index contributed by atoms with van der Waals surface area (Å²) in [6.07, 6.45) is 2.88. The lowest BCUT2D eigenvalue weighted by atomic mass is 10.2. The highest BCUT2D eigenvalue weighted by atomic mass is 35.5. The van der Waals surface area contributed by atoms with Gasteiger partial charge in [-0.1, -0.05) is 22.9 Å². The Morgan fingerprint density at radius 1 is 1.50 bits per heavy atom. The normalized spacial score (nSPS) is 12.0. The summed E-state index contributed by atoms with van der Waals surface area (Å²) in [7, 11) is 0. The minimum atomic E-state index is -1.09. The van der Waals surface area contributed by atoms with Crippen molar-refractivity contribution >= 4 is 39.9 Å². The maximum absolute atomic E-state index is 12.1. The maximum atomic E-state index is 12.1. The fourth-order valence-corrected chi connectivity index (χ4v) is 2.87. The number of halogens is 1. The first kappa shape index (κ1) is 14.5. The molecule has 1 aromatic carbocycles. The van der Waals surface area contributed by atoms with E-state index in [2.05, 4.69) is 10.1 Å². The monoisotopic (exact) mass is 337 g/mol. The van der Waals surface area contributed by atoms with E-state index in [-0.39, 0.29) is 5.56 Å². The molecule has 0 unspecified atom stereocenters. The molecule has 7 nitrogen and oxygen atoms in total. The Balaban J connectivity index is 2.10. The first-order chi connectivity index (χ1) is 10.5. The van der Waals surface area contributed by atoms with Crippen molar-refractivity contribution in [3.8, 4) is 5.75 Å². The van der Waals surface area contributed by atoms with Gasteiger partial charge in [0, 0.05) is 10.6 Å². The molecule has 0 aliphatic heterocycles. The van der Waals surface area contributed by atoms with Gasteiger partial charge in [-0.15, -0.1) is 0 Å². The summed E-state index contributed by atoms with van der Waals surface area (Å²) in [5, 5.41) is 13.0. The predicted molar refractivity (Wildman–Crippen MR) is 80.5 cm³/mol. The summed E-state index contributed by atoms with van der Waals surface area (Å²) >= 11 is 7.12.